The second kappa shape index (κ2) is 9.94. The molecule has 27 heavy (non-hydrogen) atoms. The van der Waals surface area contributed by atoms with Crippen molar-refractivity contribution >= 4 is 10.0 Å². The van der Waals surface area contributed by atoms with E-state index in [0.29, 0.717) is 18.8 Å². The maximum absolute atomic E-state index is 14.1. The number of sulfonamides is 1. The number of hydrogen-bond acceptors (Lipinski definition) is 4. The molecule has 0 aliphatic heterocycles. The molecule has 0 bridgehead atoms. The van der Waals surface area contributed by atoms with Crippen molar-refractivity contribution < 1.29 is 22.3 Å². The van der Waals surface area contributed by atoms with E-state index in [9.17, 15) is 12.8 Å². The van der Waals surface area contributed by atoms with Gasteiger partial charge in [0.2, 0.25) is 10.0 Å². The highest BCUT2D eigenvalue weighted by molar-refractivity contribution is 7.89. The van der Waals surface area contributed by atoms with Crippen molar-refractivity contribution in [1.82, 2.24) is 4.31 Å². The van der Waals surface area contributed by atoms with Crippen molar-refractivity contribution in [3.63, 3.8) is 0 Å². The number of nitrogens with zero attached hydrogens (tertiary/aromatic N) is 1. The van der Waals surface area contributed by atoms with Crippen LogP contribution in [0.2, 0.25) is 0 Å². The second-order valence-corrected chi connectivity index (χ2v) is 7.98. The Morgan fingerprint density at radius 3 is 2.15 bits per heavy atom. The van der Waals surface area contributed by atoms with Crippen LogP contribution in [0, 0.1) is 12.7 Å². The van der Waals surface area contributed by atoms with Gasteiger partial charge >= 0.3 is 0 Å². The molecular formula is C20H26FNO4S. The van der Waals surface area contributed by atoms with Gasteiger partial charge in [-0.05, 0) is 39.0 Å². The largest absolute Gasteiger partial charge is 0.352 e. The molecule has 0 saturated heterocycles. The van der Waals surface area contributed by atoms with Crippen LogP contribution in [0.1, 0.15) is 25.0 Å². The average Bonchev–Trinajstić information content (AvgIpc) is 2.63. The van der Waals surface area contributed by atoms with Crippen LogP contribution >= 0.6 is 0 Å². The maximum Gasteiger partial charge on any atom is 0.243 e. The van der Waals surface area contributed by atoms with Crippen LogP contribution in [0.5, 0.6) is 0 Å². The van der Waals surface area contributed by atoms with Crippen LogP contribution in [-0.4, -0.2) is 38.8 Å². The molecule has 0 amide bonds. The number of rotatable bonds is 10. The molecule has 0 heterocycles. The highest BCUT2D eigenvalue weighted by Crippen LogP contribution is 2.21. The minimum absolute atomic E-state index is 0.0355. The molecule has 2 aromatic carbocycles. The number of ether oxygens (including phenoxy) is 2. The summed E-state index contributed by atoms with van der Waals surface area (Å²) in [5.74, 6) is -0.453. The van der Waals surface area contributed by atoms with Crippen molar-refractivity contribution in [3.05, 3.63) is 65.5 Å². The zero-order valence-corrected chi connectivity index (χ0v) is 16.7. The standard InChI is InChI=1S/C20H26FNO4S/c1-4-25-20(26-5-2)15-22(14-17-8-6-7-9-19(17)21)27(23,24)18-12-10-16(3)11-13-18/h6-13,20H,4-5,14-15H2,1-3H3. The lowest BCUT2D eigenvalue weighted by atomic mass is 10.2. The summed E-state index contributed by atoms with van der Waals surface area (Å²) in [4.78, 5) is 0.149. The first-order chi connectivity index (χ1) is 12.9. The van der Waals surface area contributed by atoms with Crippen molar-refractivity contribution in [1.29, 1.82) is 0 Å². The third kappa shape index (κ3) is 5.84. The van der Waals surface area contributed by atoms with Crippen molar-refractivity contribution in [2.75, 3.05) is 19.8 Å². The van der Waals surface area contributed by atoms with Crippen molar-refractivity contribution in [2.45, 2.75) is 38.5 Å². The fourth-order valence-corrected chi connectivity index (χ4v) is 4.02. The molecule has 0 unspecified atom stereocenters. The Morgan fingerprint density at radius 1 is 1.00 bits per heavy atom. The lowest BCUT2D eigenvalue weighted by Crippen LogP contribution is -2.39. The minimum atomic E-state index is -3.86. The molecule has 0 radical (unpaired) electrons. The number of aryl methyl sites for hydroxylation is 1. The van der Waals surface area contributed by atoms with Gasteiger partial charge in [-0.2, -0.15) is 4.31 Å². The molecule has 5 nitrogen and oxygen atoms in total. The first kappa shape index (κ1) is 21.5. The molecule has 0 aliphatic carbocycles. The molecule has 0 atom stereocenters. The molecule has 2 aromatic rings. The van der Waals surface area contributed by atoms with Crippen LogP contribution in [0.3, 0.4) is 0 Å². The molecule has 0 N–H and O–H groups in total. The summed E-state index contributed by atoms with van der Waals surface area (Å²) in [6.45, 7) is 6.11. The highest BCUT2D eigenvalue weighted by atomic mass is 32.2. The van der Waals surface area contributed by atoms with Gasteiger partial charge < -0.3 is 9.47 Å². The highest BCUT2D eigenvalue weighted by Gasteiger charge is 2.28. The SMILES string of the molecule is CCOC(CN(Cc1ccccc1F)S(=O)(=O)c1ccc(C)cc1)OCC. The van der Waals surface area contributed by atoms with E-state index in [-0.39, 0.29) is 18.0 Å². The van der Waals surface area contributed by atoms with Gasteiger partial charge in [-0.1, -0.05) is 35.9 Å². The van der Waals surface area contributed by atoms with Gasteiger partial charge in [0.1, 0.15) is 5.82 Å². The van der Waals surface area contributed by atoms with Gasteiger partial charge in [-0.25, -0.2) is 12.8 Å². The normalized spacial score (nSPS) is 12.1. The molecule has 0 spiro atoms. The van der Waals surface area contributed by atoms with E-state index in [1.54, 1.807) is 42.5 Å². The number of hydrogen-bond donors (Lipinski definition) is 0. The molecular weight excluding hydrogens is 369 g/mol. The Morgan fingerprint density at radius 2 is 1.59 bits per heavy atom. The van der Waals surface area contributed by atoms with Crippen LogP contribution in [0.25, 0.3) is 0 Å². The van der Waals surface area contributed by atoms with E-state index < -0.39 is 22.1 Å². The van der Waals surface area contributed by atoms with Gasteiger partial charge in [0.15, 0.2) is 6.29 Å². The molecule has 2 rings (SSSR count). The van der Waals surface area contributed by atoms with Crippen LogP contribution in [-0.2, 0) is 26.0 Å². The van der Waals surface area contributed by atoms with Crippen LogP contribution in [0.4, 0.5) is 4.39 Å². The summed E-state index contributed by atoms with van der Waals surface area (Å²) in [7, 11) is -3.86. The zero-order chi connectivity index (χ0) is 19.9. The molecule has 7 heteroatoms. The summed E-state index contributed by atoms with van der Waals surface area (Å²) in [6, 6.07) is 12.7. The summed E-state index contributed by atoms with van der Waals surface area (Å²) >= 11 is 0. The van der Waals surface area contributed by atoms with Gasteiger partial charge in [0, 0.05) is 25.3 Å². The Hall–Kier alpha value is -1.80. The van der Waals surface area contributed by atoms with Crippen LogP contribution in [0.15, 0.2) is 53.4 Å². The lowest BCUT2D eigenvalue weighted by Gasteiger charge is -2.27. The minimum Gasteiger partial charge on any atom is -0.352 e. The summed E-state index contributed by atoms with van der Waals surface area (Å²) in [5.41, 5.74) is 1.25. The average molecular weight is 395 g/mol. The van der Waals surface area contributed by atoms with Gasteiger partial charge in [-0.3, -0.25) is 0 Å². The Balaban J connectivity index is 2.38. The number of benzene rings is 2. The van der Waals surface area contributed by atoms with E-state index in [4.69, 9.17) is 9.47 Å². The van der Waals surface area contributed by atoms with E-state index in [1.165, 1.54) is 10.4 Å². The Labute approximate surface area is 160 Å². The molecule has 0 fully saturated rings. The van der Waals surface area contributed by atoms with Gasteiger partial charge in [0.05, 0.1) is 11.4 Å². The van der Waals surface area contributed by atoms with E-state index in [2.05, 4.69) is 0 Å². The molecule has 148 valence electrons. The molecule has 0 saturated carbocycles. The zero-order valence-electron chi connectivity index (χ0n) is 15.9. The fourth-order valence-electron chi connectivity index (χ4n) is 2.62. The third-order valence-electron chi connectivity index (χ3n) is 4.02. The van der Waals surface area contributed by atoms with Gasteiger partial charge in [0.25, 0.3) is 0 Å². The Kier molecular flexibility index (Phi) is 7.91. The quantitative estimate of drug-likeness (QED) is 0.575. The fraction of sp³-hybridized carbons (Fsp3) is 0.400. The van der Waals surface area contributed by atoms with E-state index >= 15 is 0 Å². The predicted molar refractivity (Wildman–Crippen MR) is 102 cm³/mol. The second-order valence-electron chi connectivity index (χ2n) is 6.04. The van der Waals surface area contributed by atoms with Crippen molar-refractivity contribution in [3.8, 4) is 0 Å². The first-order valence-corrected chi connectivity index (χ1v) is 10.4. The molecule has 0 aromatic heterocycles. The van der Waals surface area contributed by atoms with Gasteiger partial charge in [-0.15, -0.1) is 0 Å². The van der Waals surface area contributed by atoms with Crippen LogP contribution < -0.4 is 0 Å². The van der Waals surface area contributed by atoms with E-state index in [1.807, 2.05) is 20.8 Å². The monoisotopic (exact) mass is 395 g/mol. The smallest absolute Gasteiger partial charge is 0.243 e. The molecule has 0 aliphatic rings. The topological polar surface area (TPSA) is 55.8 Å². The predicted octanol–water partition coefficient (Wildman–Crippen LogP) is 3.72. The van der Waals surface area contributed by atoms with Crippen molar-refractivity contribution in [2.24, 2.45) is 0 Å². The maximum atomic E-state index is 14.1. The Bertz CT molecular complexity index is 818. The summed E-state index contributed by atoms with van der Waals surface area (Å²) < 4.78 is 52.8. The summed E-state index contributed by atoms with van der Waals surface area (Å²) in [6.07, 6.45) is -0.730. The third-order valence-corrected chi connectivity index (χ3v) is 5.85. The number of halogens is 1. The first-order valence-electron chi connectivity index (χ1n) is 8.91. The lowest BCUT2D eigenvalue weighted by molar-refractivity contribution is -0.141. The van der Waals surface area contributed by atoms with E-state index in [0.717, 1.165) is 5.56 Å². The summed E-state index contributed by atoms with van der Waals surface area (Å²) in [5, 5.41) is 0.